The lowest BCUT2D eigenvalue weighted by molar-refractivity contribution is 0.0689. The standard InChI is InChI=1S/C14H17N3O3/c1-4-10-5-6-12(20-3)11(7-10)8-17-9(2)13(14(18)19)15-16-17/h5-7H,4,8H2,1-3H3,(H,18,19). The molecule has 1 aromatic heterocycles. The van der Waals surface area contributed by atoms with E-state index in [2.05, 4.69) is 17.2 Å². The van der Waals surface area contributed by atoms with Crippen LogP contribution in [0.15, 0.2) is 18.2 Å². The molecule has 0 atom stereocenters. The van der Waals surface area contributed by atoms with Gasteiger partial charge in [-0.1, -0.05) is 24.3 Å². The molecule has 0 aliphatic carbocycles. The molecule has 6 heteroatoms. The molecule has 2 aromatic rings. The molecule has 0 bridgehead atoms. The topological polar surface area (TPSA) is 77.2 Å². The SMILES string of the molecule is CCc1ccc(OC)c(Cn2nnc(C(=O)O)c2C)c1. The van der Waals surface area contributed by atoms with Gasteiger partial charge >= 0.3 is 5.97 Å². The molecule has 0 unspecified atom stereocenters. The Morgan fingerprint density at radius 3 is 2.75 bits per heavy atom. The van der Waals surface area contributed by atoms with Crippen LogP contribution in [-0.2, 0) is 13.0 Å². The molecule has 0 aliphatic rings. The smallest absolute Gasteiger partial charge is 0.358 e. The van der Waals surface area contributed by atoms with Crippen LogP contribution < -0.4 is 4.74 Å². The minimum absolute atomic E-state index is 0.0180. The first kappa shape index (κ1) is 14.0. The van der Waals surface area contributed by atoms with E-state index in [0.717, 1.165) is 17.7 Å². The Bertz CT molecular complexity index is 635. The van der Waals surface area contributed by atoms with E-state index in [1.807, 2.05) is 18.2 Å². The minimum Gasteiger partial charge on any atom is -0.496 e. The van der Waals surface area contributed by atoms with E-state index in [1.54, 1.807) is 18.7 Å². The third-order valence-electron chi connectivity index (χ3n) is 3.26. The highest BCUT2D eigenvalue weighted by Crippen LogP contribution is 2.22. The van der Waals surface area contributed by atoms with Crippen molar-refractivity contribution in [2.45, 2.75) is 26.8 Å². The number of carbonyl (C=O) groups is 1. The summed E-state index contributed by atoms with van der Waals surface area (Å²) < 4.78 is 6.90. The quantitative estimate of drug-likeness (QED) is 0.901. The van der Waals surface area contributed by atoms with Gasteiger partial charge in [-0.3, -0.25) is 0 Å². The summed E-state index contributed by atoms with van der Waals surface area (Å²) in [4.78, 5) is 11.0. The van der Waals surface area contributed by atoms with Gasteiger partial charge in [0.15, 0.2) is 5.69 Å². The molecule has 0 saturated heterocycles. The maximum Gasteiger partial charge on any atom is 0.358 e. The fraction of sp³-hybridized carbons (Fsp3) is 0.357. The van der Waals surface area contributed by atoms with E-state index >= 15 is 0 Å². The Kier molecular flexibility index (Phi) is 4.02. The number of methoxy groups -OCH3 is 1. The molecule has 2 rings (SSSR count). The second-order valence-corrected chi connectivity index (χ2v) is 4.49. The van der Waals surface area contributed by atoms with Gasteiger partial charge in [0, 0.05) is 5.56 Å². The zero-order valence-electron chi connectivity index (χ0n) is 11.8. The fourth-order valence-electron chi connectivity index (χ4n) is 2.04. The van der Waals surface area contributed by atoms with Gasteiger partial charge in [-0.25, -0.2) is 9.48 Å². The summed E-state index contributed by atoms with van der Waals surface area (Å²) in [5.74, 6) is -0.308. The van der Waals surface area contributed by atoms with Crippen molar-refractivity contribution >= 4 is 5.97 Å². The number of rotatable bonds is 5. The van der Waals surface area contributed by atoms with E-state index in [1.165, 1.54) is 5.56 Å². The molecule has 0 saturated carbocycles. The Morgan fingerprint density at radius 2 is 2.20 bits per heavy atom. The minimum atomic E-state index is -1.07. The Hall–Kier alpha value is -2.37. The number of aromatic carboxylic acids is 1. The summed E-state index contributed by atoms with van der Waals surface area (Å²) in [6.07, 6.45) is 0.924. The molecular formula is C14H17N3O3. The molecule has 1 N–H and O–H groups in total. The van der Waals surface area contributed by atoms with Crippen molar-refractivity contribution in [3.63, 3.8) is 0 Å². The van der Waals surface area contributed by atoms with Gasteiger partial charge < -0.3 is 9.84 Å². The van der Waals surface area contributed by atoms with Crippen LogP contribution in [0.3, 0.4) is 0 Å². The van der Waals surface area contributed by atoms with Crippen molar-refractivity contribution in [3.8, 4) is 5.75 Å². The van der Waals surface area contributed by atoms with Crippen molar-refractivity contribution in [1.82, 2.24) is 15.0 Å². The number of nitrogens with zero attached hydrogens (tertiary/aromatic N) is 3. The number of aryl methyl sites for hydroxylation is 1. The summed E-state index contributed by atoms with van der Waals surface area (Å²) in [7, 11) is 1.61. The van der Waals surface area contributed by atoms with Crippen molar-refractivity contribution < 1.29 is 14.6 Å². The normalized spacial score (nSPS) is 10.6. The predicted molar refractivity (Wildman–Crippen MR) is 73.2 cm³/mol. The Morgan fingerprint density at radius 1 is 1.45 bits per heavy atom. The summed E-state index contributed by atoms with van der Waals surface area (Å²) >= 11 is 0. The van der Waals surface area contributed by atoms with Crippen LogP contribution in [0.5, 0.6) is 5.75 Å². The maximum atomic E-state index is 11.0. The molecule has 6 nitrogen and oxygen atoms in total. The summed E-state index contributed by atoms with van der Waals surface area (Å²) in [6, 6.07) is 5.97. The summed E-state index contributed by atoms with van der Waals surface area (Å²) in [6.45, 7) is 4.21. The molecular weight excluding hydrogens is 258 g/mol. The van der Waals surface area contributed by atoms with E-state index in [4.69, 9.17) is 9.84 Å². The Balaban J connectivity index is 2.36. The van der Waals surface area contributed by atoms with Gasteiger partial charge in [-0.05, 0) is 25.0 Å². The average Bonchev–Trinajstić information content (AvgIpc) is 2.80. The fourth-order valence-corrected chi connectivity index (χ4v) is 2.04. The van der Waals surface area contributed by atoms with Gasteiger partial charge in [0.05, 0.1) is 19.3 Å². The number of benzene rings is 1. The Labute approximate surface area is 117 Å². The first-order valence-electron chi connectivity index (χ1n) is 6.36. The molecule has 1 aromatic carbocycles. The first-order chi connectivity index (χ1) is 9.56. The van der Waals surface area contributed by atoms with E-state index in [-0.39, 0.29) is 5.69 Å². The van der Waals surface area contributed by atoms with E-state index in [0.29, 0.717) is 12.2 Å². The number of hydrogen-bond acceptors (Lipinski definition) is 4. The highest BCUT2D eigenvalue weighted by atomic mass is 16.5. The van der Waals surface area contributed by atoms with Crippen LogP contribution in [0.4, 0.5) is 0 Å². The molecule has 0 fully saturated rings. The van der Waals surface area contributed by atoms with Crippen LogP contribution >= 0.6 is 0 Å². The van der Waals surface area contributed by atoms with Crippen LogP contribution in [0.25, 0.3) is 0 Å². The van der Waals surface area contributed by atoms with Crippen molar-refractivity contribution in [2.75, 3.05) is 7.11 Å². The molecule has 1 heterocycles. The van der Waals surface area contributed by atoms with Crippen LogP contribution in [-0.4, -0.2) is 33.2 Å². The van der Waals surface area contributed by atoms with Crippen molar-refractivity contribution in [2.24, 2.45) is 0 Å². The zero-order valence-corrected chi connectivity index (χ0v) is 11.8. The molecule has 0 aliphatic heterocycles. The molecule has 0 radical (unpaired) electrons. The van der Waals surface area contributed by atoms with Crippen molar-refractivity contribution in [3.05, 3.63) is 40.7 Å². The molecule has 106 valence electrons. The van der Waals surface area contributed by atoms with Gasteiger partial charge in [-0.2, -0.15) is 0 Å². The third kappa shape index (κ3) is 2.64. The predicted octanol–water partition coefficient (Wildman–Crippen LogP) is 1.90. The number of hydrogen-bond donors (Lipinski definition) is 1. The van der Waals surface area contributed by atoms with E-state index < -0.39 is 5.97 Å². The monoisotopic (exact) mass is 275 g/mol. The highest BCUT2D eigenvalue weighted by Gasteiger charge is 2.16. The second-order valence-electron chi connectivity index (χ2n) is 4.49. The average molecular weight is 275 g/mol. The van der Waals surface area contributed by atoms with Crippen LogP contribution in [0.2, 0.25) is 0 Å². The lowest BCUT2D eigenvalue weighted by atomic mass is 10.1. The lowest BCUT2D eigenvalue weighted by Gasteiger charge is -2.11. The zero-order chi connectivity index (χ0) is 14.7. The lowest BCUT2D eigenvalue weighted by Crippen LogP contribution is -2.07. The number of carboxylic acids is 1. The number of aromatic nitrogens is 3. The number of ether oxygens (including phenoxy) is 1. The number of carboxylic acid groups (broad SMARTS) is 1. The first-order valence-corrected chi connectivity index (χ1v) is 6.36. The maximum absolute atomic E-state index is 11.0. The van der Waals surface area contributed by atoms with E-state index in [9.17, 15) is 4.79 Å². The summed E-state index contributed by atoms with van der Waals surface area (Å²) in [5.41, 5.74) is 2.66. The highest BCUT2D eigenvalue weighted by molar-refractivity contribution is 5.86. The summed E-state index contributed by atoms with van der Waals surface area (Å²) in [5, 5.41) is 16.6. The molecule has 0 amide bonds. The van der Waals surface area contributed by atoms with Crippen LogP contribution in [0, 0.1) is 6.92 Å². The molecule has 20 heavy (non-hydrogen) atoms. The largest absolute Gasteiger partial charge is 0.496 e. The van der Waals surface area contributed by atoms with Gasteiger partial charge in [-0.15, -0.1) is 5.10 Å². The molecule has 0 spiro atoms. The third-order valence-corrected chi connectivity index (χ3v) is 3.26. The van der Waals surface area contributed by atoms with Crippen LogP contribution in [0.1, 0.15) is 34.2 Å². The van der Waals surface area contributed by atoms with Gasteiger partial charge in [0.1, 0.15) is 5.75 Å². The van der Waals surface area contributed by atoms with Crippen molar-refractivity contribution in [1.29, 1.82) is 0 Å². The van der Waals surface area contributed by atoms with Gasteiger partial charge in [0.2, 0.25) is 0 Å². The van der Waals surface area contributed by atoms with Gasteiger partial charge in [0.25, 0.3) is 0 Å². The second kappa shape index (κ2) is 5.73.